The molecule has 0 aromatic heterocycles. The minimum atomic E-state index is -0.563. The summed E-state index contributed by atoms with van der Waals surface area (Å²) in [5.41, 5.74) is -0.818. The van der Waals surface area contributed by atoms with Crippen molar-refractivity contribution in [2.45, 2.75) is 71.8 Å². The number of esters is 1. The molecule has 0 aromatic carbocycles. The molecule has 2 aliphatic carbocycles. The molecule has 6 atom stereocenters. The van der Waals surface area contributed by atoms with E-state index >= 15 is 0 Å². The molecule has 0 amide bonds. The summed E-state index contributed by atoms with van der Waals surface area (Å²) in [6.45, 7) is 7.64. The van der Waals surface area contributed by atoms with Gasteiger partial charge < -0.3 is 9.53 Å². The van der Waals surface area contributed by atoms with Crippen LogP contribution in [0.5, 0.6) is 0 Å². The zero-order valence-corrected chi connectivity index (χ0v) is 14.7. The van der Waals surface area contributed by atoms with Crippen molar-refractivity contribution in [1.29, 1.82) is 0 Å². The summed E-state index contributed by atoms with van der Waals surface area (Å²) in [6, 6.07) is 0. The van der Waals surface area contributed by atoms with E-state index < -0.39 is 5.60 Å². The van der Waals surface area contributed by atoms with Crippen molar-refractivity contribution in [2.75, 3.05) is 0 Å². The van der Waals surface area contributed by atoms with Gasteiger partial charge >= 0.3 is 5.97 Å². The van der Waals surface area contributed by atoms with Crippen LogP contribution in [0.1, 0.15) is 66.2 Å². The van der Waals surface area contributed by atoms with Gasteiger partial charge in [0.2, 0.25) is 0 Å². The quantitative estimate of drug-likeness (QED) is 0.748. The number of ketones is 2. The second-order valence-electron chi connectivity index (χ2n) is 8.43. The monoisotopic (exact) mass is 320 g/mol. The molecule has 23 heavy (non-hydrogen) atoms. The lowest BCUT2D eigenvalue weighted by Gasteiger charge is -2.55. The summed E-state index contributed by atoms with van der Waals surface area (Å²) in [5.74, 6) is 0.957. The van der Waals surface area contributed by atoms with E-state index in [4.69, 9.17) is 4.74 Å². The third-order valence-electron chi connectivity index (χ3n) is 7.08. The van der Waals surface area contributed by atoms with Crippen molar-refractivity contribution in [1.82, 2.24) is 0 Å². The second-order valence-corrected chi connectivity index (χ2v) is 8.43. The van der Waals surface area contributed by atoms with Gasteiger partial charge in [-0.3, -0.25) is 9.59 Å². The summed E-state index contributed by atoms with van der Waals surface area (Å²) in [4.78, 5) is 36.3. The lowest BCUT2D eigenvalue weighted by molar-refractivity contribution is -0.207. The van der Waals surface area contributed by atoms with Crippen molar-refractivity contribution < 1.29 is 19.1 Å². The minimum absolute atomic E-state index is 0.133. The van der Waals surface area contributed by atoms with E-state index in [9.17, 15) is 14.4 Å². The summed E-state index contributed by atoms with van der Waals surface area (Å²) in [7, 11) is 0. The van der Waals surface area contributed by atoms with Crippen LogP contribution in [-0.4, -0.2) is 23.1 Å². The van der Waals surface area contributed by atoms with E-state index in [0.29, 0.717) is 25.0 Å². The van der Waals surface area contributed by atoms with Gasteiger partial charge in [0.1, 0.15) is 17.2 Å². The maximum atomic E-state index is 12.5. The van der Waals surface area contributed by atoms with Gasteiger partial charge in [0.05, 0.1) is 5.92 Å². The standard InChI is InChI=1S/C19H28O4/c1-11(20)7-10-19(4)14-8-9-18(3)13(5-6-15(18)21)16(14)12(2)17(22)23-19/h12-14,16H,5-10H2,1-4H3/t12-,13+,14+,16+,18-,19-/m1/s1. The molecule has 3 rings (SSSR count). The predicted octanol–water partition coefficient (Wildman–Crippen LogP) is 3.32. The van der Waals surface area contributed by atoms with Crippen LogP contribution in [0.4, 0.5) is 0 Å². The summed E-state index contributed by atoms with van der Waals surface area (Å²) in [6.07, 6.45) is 4.39. The van der Waals surface area contributed by atoms with Crippen LogP contribution in [0.2, 0.25) is 0 Å². The Balaban J connectivity index is 1.93. The fraction of sp³-hybridized carbons (Fsp3) is 0.842. The molecule has 3 fully saturated rings. The van der Waals surface area contributed by atoms with Crippen LogP contribution in [0.15, 0.2) is 0 Å². The maximum Gasteiger partial charge on any atom is 0.309 e. The van der Waals surface area contributed by atoms with Crippen LogP contribution < -0.4 is 0 Å². The second kappa shape index (κ2) is 5.42. The lowest BCUT2D eigenvalue weighted by atomic mass is 9.52. The highest BCUT2D eigenvalue weighted by Gasteiger charge is 2.61. The molecule has 0 radical (unpaired) electrons. The normalized spacial score (nSPS) is 46.1. The first-order valence-corrected chi connectivity index (χ1v) is 8.94. The van der Waals surface area contributed by atoms with E-state index in [1.54, 1.807) is 6.92 Å². The predicted molar refractivity (Wildman–Crippen MR) is 85.6 cm³/mol. The van der Waals surface area contributed by atoms with E-state index in [1.807, 2.05) is 13.8 Å². The topological polar surface area (TPSA) is 60.4 Å². The molecular formula is C19H28O4. The molecule has 1 heterocycles. The molecule has 1 saturated heterocycles. The number of Topliss-reactive ketones (excluding diaryl/α,β-unsaturated/α-hetero) is 2. The molecule has 4 heteroatoms. The van der Waals surface area contributed by atoms with Gasteiger partial charge in [-0.25, -0.2) is 0 Å². The average molecular weight is 320 g/mol. The third kappa shape index (κ3) is 2.45. The molecule has 0 aromatic rings. The van der Waals surface area contributed by atoms with Gasteiger partial charge in [-0.2, -0.15) is 0 Å². The number of rotatable bonds is 3. The number of ether oxygens (including phenoxy) is 1. The van der Waals surface area contributed by atoms with Crippen molar-refractivity contribution in [3.8, 4) is 0 Å². The molecule has 128 valence electrons. The molecular weight excluding hydrogens is 292 g/mol. The molecule has 1 aliphatic heterocycles. The molecule has 4 nitrogen and oxygen atoms in total. The fourth-order valence-corrected chi connectivity index (χ4v) is 5.59. The van der Waals surface area contributed by atoms with Crippen molar-refractivity contribution in [3.05, 3.63) is 0 Å². The Labute approximate surface area is 138 Å². The highest BCUT2D eigenvalue weighted by molar-refractivity contribution is 5.87. The zero-order chi connectivity index (χ0) is 17.0. The number of cyclic esters (lactones) is 1. The summed E-state index contributed by atoms with van der Waals surface area (Å²) in [5, 5.41) is 0. The Kier molecular flexibility index (Phi) is 3.93. The number of fused-ring (bicyclic) bond motifs is 3. The number of hydrogen-bond donors (Lipinski definition) is 0. The first-order chi connectivity index (χ1) is 10.7. The van der Waals surface area contributed by atoms with E-state index in [-0.39, 0.29) is 40.8 Å². The first kappa shape index (κ1) is 16.7. The fourth-order valence-electron chi connectivity index (χ4n) is 5.59. The molecule has 0 spiro atoms. The largest absolute Gasteiger partial charge is 0.459 e. The Morgan fingerprint density at radius 2 is 1.91 bits per heavy atom. The Bertz CT molecular complexity index is 554. The lowest BCUT2D eigenvalue weighted by Crippen LogP contribution is -2.58. The zero-order valence-electron chi connectivity index (χ0n) is 14.7. The van der Waals surface area contributed by atoms with Gasteiger partial charge in [-0.15, -0.1) is 0 Å². The third-order valence-corrected chi connectivity index (χ3v) is 7.08. The smallest absolute Gasteiger partial charge is 0.309 e. The Morgan fingerprint density at radius 1 is 1.22 bits per heavy atom. The van der Waals surface area contributed by atoms with Gasteiger partial charge in [0.25, 0.3) is 0 Å². The number of carbonyl (C=O) groups is 3. The van der Waals surface area contributed by atoms with Crippen LogP contribution in [0.3, 0.4) is 0 Å². The van der Waals surface area contributed by atoms with Crippen LogP contribution in [-0.2, 0) is 19.1 Å². The molecule has 0 unspecified atom stereocenters. The summed E-state index contributed by atoms with van der Waals surface area (Å²) < 4.78 is 5.84. The summed E-state index contributed by atoms with van der Waals surface area (Å²) >= 11 is 0. The van der Waals surface area contributed by atoms with Crippen molar-refractivity contribution in [3.63, 3.8) is 0 Å². The molecule has 3 aliphatic rings. The first-order valence-electron chi connectivity index (χ1n) is 8.94. The van der Waals surface area contributed by atoms with Gasteiger partial charge in [0.15, 0.2) is 0 Å². The molecule has 0 bridgehead atoms. The van der Waals surface area contributed by atoms with Crippen molar-refractivity contribution in [2.24, 2.45) is 29.1 Å². The molecule has 2 saturated carbocycles. The van der Waals surface area contributed by atoms with E-state index in [1.165, 1.54) is 0 Å². The van der Waals surface area contributed by atoms with Crippen LogP contribution in [0.25, 0.3) is 0 Å². The Hall–Kier alpha value is -1.19. The average Bonchev–Trinajstić information content (AvgIpc) is 2.78. The van der Waals surface area contributed by atoms with Gasteiger partial charge in [0, 0.05) is 24.2 Å². The minimum Gasteiger partial charge on any atom is -0.459 e. The highest BCUT2D eigenvalue weighted by Crippen LogP contribution is 2.60. The highest BCUT2D eigenvalue weighted by atomic mass is 16.6. The van der Waals surface area contributed by atoms with Crippen LogP contribution >= 0.6 is 0 Å². The van der Waals surface area contributed by atoms with Gasteiger partial charge in [-0.05, 0) is 51.4 Å². The maximum absolute atomic E-state index is 12.5. The van der Waals surface area contributed by atoms with E-state index in [0.717, 1.165) is 19.3 Å². The SMILES string of the molecule is CC(=O)CC[C@@]1(C)OC(=O)[C@H](C)[C@@H]2[C@@H]1CC[C@@]1(C)C(=O)CC[C@@H]21. The molecule has 0 N–H and O–H groups in total. The Morgan fingerprint density at radius 3 is 2.57 bits per heavy atom. The van der Waals surface area contributed by atoms with E-state index in [2.05, 4.69) is 6.92 Å². The number of hydrogen-bond acceptors (Lipinski definition) is 4. The number of carbonyl (C=O) groups excluding carboxylic acids is 3. The van der Waals surface area contributed by atoms with Crippen molar-refractivity contribution >= 4 is 17.5 Å². The van der Waals surface area contributed by atoms with Crippen LogP contribution in [0, 0.1) is 29.1 Å². The van der Waals surface area contributed by atoms with Gasteiger partial charge in [-0.1, -0.05) is 13.8 Å².